The molecule has 2 atom stereocenters. The summed E-state index contributed by atoms with van der Waals surface area (Å²) in [5.41, 5.74) is 6.48. The van der Waals surface area contributed by atoms with Gasteiger partial charge in [-0.3, -0.25) is 4.79 Å². The molecular weight excluding hydrogens is 578 g/mol. The summed E-state index contributed by atoms with van der Waals surface area (Å²) in [4.78, 5) is 30.9. The summed E-state index contributed by atoms with van der Waals surface area (Å²) in [5, 5.41) is 34.7. The molecule has 45 heavy (non-hydrogen) atoms. The third-order valence-electron chi connectivity index (χ3n) is 8.21. The van der Waals surface area contributed by atoms with Crippen molar-refractivity contribution in [2.45, 2.75) is 57.8 Å². The number of benzene rings is 2. The lowest BCUT2D eigenvalue weighted by atomic mass is 9.82. The minimum Gasteiger partial charge on any atom is -0.508 e. The van der Waals surface area contributed by atoms with E-state index in [-0.39, 0.29) is 46.0 Å². The number of nitrogens with two attached hydrogens (primary N) is 1. The Morgan fingerprint density at radius 1 is 1.24 bits per heavy atom. The molecule has 0 spiro atoms. The topological polar surface area (TPSA) is 177 Å². The fourth-order valence-corrected chi connectivity index (χ4v) is 5.64. The summed E-state index contributed by atoms with van der Waals surface area (Å²) in [6.07, 6.45) is 3.86. The van der Waals surface area contributed by atoms with Gasteiger partial charge in [0.25, 0.3) is 0 Å². The van der Waals surface area contributed by atoms with Crippen molar-refractivity contribution in [3.8, 4) is 28.4 Å². The van der Waals surface area contributed by atoms with Crippen LogP contribution in [0.25, 0.3) is 22.1 Å². The van der Waals surface area contributed by atoms with E-state index in [0.29, 0.717) is 48.3 Å². The lowest BCUT2D eigenvalue weighted by Crippen LogP contribution is -2.51. The number of fused-ring (bicyclic) bond motifs is 2. The average Bonchev–Trinajstić information content (AvgIpc) is 3.02. The molecule has 11 heteroatoms. The minimum atomic E-state index is -1.13. The SMILES string of the molecule is CC=C(CCNC)C(=O)OC1Cc2c(c(-c3cccc(O)c3)c3oc(CO)cc(=O)c3c2O)OC1(C)CCc1ccc(N)nc1. The molecule has 0 saturated carbocycles. The van der Waals surface area contributed by atoms with E-state index in [1.54, 1.807) is 44.4 Å². The van der Waals surface area contributed by atoms with Gasteiger partial charge in [-0.1, -0.05) is 24.3 Å². The first-order chi connectivity index (χ1) is 21.6. The van der Waals surface area contributed by atoms with E-state index in [2.05, 4.69) is 10.3 Å². The van der Waals surface area contributed by atoms with E-state index < -0.39 is 29.7 Å². The number of aliphatic hydroxyl groups excluding tert-OH is 1. The lowest BCUT2D eigenvalue weighted by Gasteiger charge is -2.43. The van der Waals surface area contributed by atoms with Crippen LogP contribution in [0.15, 0.2) is 69.5 Å². The standard InChI is InChI=1S/C34H37N3O8/c1-4-20(11-13-36-3)33(42)44-26-16-24-30(41)29-25(40)15-23(18-38)43-32(29)28(21-6-5-7-22(39)14-21)31(24)45-34(26,2)12-10-19-8-9-27(35)37-17-19/h4-9,14-15,17,26,36,38-39,41H,10-13,16,18H2,1-3H3,(H2,35,37). The molecule has 0 amide bonds. The van der Waals surface area contributed by atoms with E-state index in [9.17, 15) is 24.9 Å². The van der Waals surface area contributed by atoms with Crippen LogP contribution in [0.4, 0.5) is 5.82 Å². The molecule has 11 nitrogen and oxygen atoms in total. The van der Waals surface area contributed by atoms with E-state index in [4.69, 9.17) is 19.6 Å². The van der Waals surface area contributed by atoms with Crippen molar-refractivity contribution in [2.75, 3.05) is 19.3 Å². The number of hydrogen-bond donors (Lipinski definition) is 5. The number of carbonyl (C=O) groups is 1. The van der Waals surface area contributed by atoms with E-state index >= 15 is 0 Å². The van der Waals surface area contributed by atoms with Gasteiger partial charge < -0.3 is 40.3 Å². The molecule has 236 valence electrons. The zero-order valence-electron chi connectivity index (χ0n) is 25.4. The zero-order chi connectivity index (χ0) is 32.3. The van der Waals surface area contributed by atoms with Crippen molar-refractivity contribution >= 4 is 22.8 Å². The maximum absolute atomic E-state index is 13.4. The number of aliphatic hydroxyl groups is 1. The summed E-state index contributed by atoms with van der Waals surface area (Å²) < 4.78 is 18.9. The number of aromatic hydroxyl groups is 2. The highest BCUT2D eigenvalue weighted by atomic mass is 16.6. The van der Waals surface area contributed by atoms with Gasteiger partial charge in [-0.15, -0.1) is 0 Å². The molecule has 4 aromatic rings. The number of anilines is 1. The molecule has 1 aliphatic rings. The first-order valence-corrected chi connectivity index (χ1v) is 14.7. The fourth-order valence-electron chi connectivity index (χ4n) is 5.64. The molecule has 1 aliphatic heterocycles. The number of aromatic nitrogens is 1. The molecular formula is C34H37N3O8. The monoisotopic (exact) mass is 615 g/mol. The van der Waals surface area contributed by atoms with Crippen molar-refractivity contribution in [1.29, 1.82) is 0 Å². The van der Waals surface area contributed by atoms with Gasteiger partial charge in [-0.2, -0.15) is 0 Å². The van der Waals surface area contributed by atoms with Crippen LogP contribution in [0.2, 0.25) is 0 Å². The normalized spacial score (nSPS) is 18.0. The number of nitrogen functional groups attached to an aromatic ring is 1. The summed E-state index contributed by atoms with van der Waals surface area (Å²) >= 11 is 0. The molecule has 2 aromatic carbocycles. The van der Waals surface area contributed by atoms with Gasteiger partial charge in [0.15, 0.2) is 11.0 Å². The number of esters is 1. The van der Waals surface area contributed by atoms with Crippen molar-refractivity contribution in [3.63, 3.8) is 0 Å². The van der Waals surface area contributed by atoms with Gasteiger partial charge in [0.1, 0.15) is 52.5 Å². The Kier molecular flexibility index (Phi) is 9.12. The zero-order valence-corrected chi connectivity index (χ0v) is 25.4. The number of pyridine rings is 1. The number of phenols is 2. The van der Waals surface area contributed by atoms with Gasteiger partial charge in [0.2, 0.25) is 0 Å². The molecule has 0 saturated heterocycles. The van der Waals surface area contributed by atoms with Crippen LogP contribution in [0.1, 0.15) is 43.6 Å². The quantitative estimate of drug-likeness (QED) is 0.128. The maximum Gasteiger partial charge on any atom is 0.334 e. The number of ether oxygens (including phenoxy) is 2. The smallest absolute Gasteiger partial charge is 0.334 e. The van der Waals surface area contributed by atoms with E-state index in [1.807, 2.05) is 13.0 Å². The van der Waals surface area contributed by atoms with Gasteiger partial charge in [-0.25, -0.2) is 9.78 Å². The minimum absolute atomic E-state index is 0.00259. The second kappa shape index (κ2) is 13.0. The molecule has 0 fully saturated rings. The highest BCUT2D eigenvalue weighted by Gasteiger charge is 2.46. The molecule has 3 heterocycles. The molecule has 0 bridgehead atoms. The predicted octanol–water partition coefficient (Wildman–Crippen LogP) is 4.13. The number of nitrogens with one attached hydrogen (secondary N) is 1. The Bertz CT molecular complexity index is 1820. The second-order valence-electron chi connectivity index (χ2n) is 11.3. The molecule has 2 unspecified atom stereocenters. The maximum atomic E-state index is 13.4. The first-order valence-electron chi connectivity index (χ1n) is 14.7. The second-order valence-corrected chi connectivity index (χ2v) is 11.3. The summed E-state index contributed by atoms with van der Waals surface area (Å²) in [6, 6.07) is 11.0. The van der Waals surface area contributed by atoms with Crippen molar-refractivity contribution in [2.24, 2.45) is 0 Å². The fraction of sp³-hybridized carbons (Fsp3) is 0.324. The van der Waals surface area contributed by atoms with Gasteiger partial charge in [0, 0.05) is 29.8 Å². The number of hydrogen-bond acceptors (Lipinski definition) is 11. The third-order valence-corrected chi connectivity index (χ3v) is 8.21. The van der Waals surface area contributed by atoms with Crippen LogP contribution in [0.5, 0.6) is 17.2 Å². The summed E-state index contributed by atoms with van der Waals surface area (Å²) in [7, 11) is 1.80. The van der Waals surface area contributed by atoms with Crippen LogP contribution in [0.3, 0.4) is 0 Å². The first kappa shape index (κ1) is 31.6. The largest absolute Gasteiger partial charge is 0.508 e. The van der Waals surface area contributed by atoms with Gasteiger partial charge in [-0.05, 0) is 76.0 Å². The van der Waals surface area contributed by atoms with E-state index in [1.165, 1.54) is 12.1 Å². The molecule has 2 aromatic heterocycles. The lowest BCUT2D eigenvalue weighted by molar-refractivity contribution is -0.159. The van der Waals surface area contributed by atoms with Gasteiger partial charge >= 0.3 is 5.97 Å². The van der Waals surface area contributed by atoms with E-state index in [0.717, 1.165) is 11.6 Å². The third kappa shape index (κ3) is 6.36. The Hall–Kier alpha value is -4.87. The number of nitrogens with zero attached hydrogens (tertiary/aromatic N) is 1. The van der Waals surface area contributed by atoms with Crippen molar-refractivity contribution in [1.82, 2.24) is 10.3 Å². The molecule has 6 N–H and O–H groups in total. The van der Waals surface area contributed by atoms with Crippen LogP contribution < -0.4 is 21.2 Å². The van der Waals surface area contributed by atoms with Crippen LogP contribution in [-0.2, 0) is 29.0 Å². The Balaban J connectivity index is 1.69. The Labute approximate surface area is 259 Å². The summed E-state index contributed by atoms with van der Waals surface area (Å²) in [5.74, 6) is -0.308. The highest BCUT2D eigenvalue weighted by molar-refractivity contribution is 6.01. The Morgan fingerprint density at radius 3 is 2.71 bits per heavy atom. The van der Waals surface area contributed by atoms with Crippen LogP contribution >= 0.6 is 0 Å². The highest BCUT2D eigenvalue weighted by Crippen LogP contribution is 2.51. The summed E-state index contributed by atoms with van der Waals surface area (Å²) in [6.45, 7) is 3.63. The van der Waals surface area contributed by atoms with Crippen LogP contribution in [-0.4, -0.2) is 51.6 Å². The average molecular weight is 616 g/mol. The predicted molar refractivity (Wildman–Crippen MR) is 169 cm³/mol. The molecule has 0 radical (unpaired) electrons. The van der Waals surface area contributed by atoms with Crippen molar-refractivity contribution in [3.05, 3.63) is 87.4 Å². The van der Waals surface area contributed by atoms with Crippen molar-refractivity contribution < 1.29 is 34.0 Å². The number of rotatable bonds is 10. The number of aryl methyl sites for hydroxylation is 1. The number of carbonyl (C=O) groups excluding carboxylic acids is 1. The number of phenolic OH excluding ortho intramolecular Hbond substituents is 2. The van der Waals surface area contributed by atoms with Crippen LogP contribution in [0, 0.1) is 0 Å². The number of allylic oxidation sites excluding steroid dienone is 1. The molecule has 5 rings (SSSR count). The Morgan fingerprint density at radius 2 is 2.04 bits per heavy atom. The molecule has 0 aliphatic carbocycles. The van der Waals surface area contributed by atoms with Gasteiger partial charge in [0.05, 0.1) is 5.56 Å².